The highest BCUT2D eigenvalue weighted by atomic mass is 19.4. The van der Waals surface area contributed by atoms with E-state index < -0.39 is 11.7 Å². The normalized spacial score (nSPS) is 14.8. The number of halogens is 3. The van der Waals surface area contributed by atoms with Gasteiger partial charge in [0.1, 0.15) is 5.82 Å². The van der Waals surface area contributed by atoms with Gasteiger partial charge in [0.15, 0.2) is 0 Å². The minimum Gasteiger partial charge on any atom is -0.372 e. The number of benzene rings is 1. The Kier molecular flexibility index (Phi) is 8.85. The van der Waals surface area contributed by atoms with Crippen LogP contribution in [0.2, 0.25) is 0 Å². The number of carbonyl (C=O) groups is 1. The van der Waals surface area contributed by atoms with Crippen LogP contribution in [-0.4, -0.2) is 53.9 Å². The number of likely N-dealkylation sites (N-methyl/N-ethyl adjacent to an activating group) is 1. The molecule has 1 amide bonds. The van der Waals surface area contributed by atoms with E-state index in [1.807, 2.05) is 0 Å². The Morgan fingerprint density at radius 2 is 1.84 bits per heavy atom. The number of nitrogens with one attached hydrogen (secondary N) is 1. The van der Waals surface area contributed by atoms with Gasteiger partial charge in [0.2, 0.25) is 6.41 Å². The van der Waals surface area contributed by atoms with E-state index in [0.29, 0.717) is 17.1 Å². The van der Waals surface area contributed by atoms with Gasteiger partial charge < -0.3 is 16.0 Å². The van der Waals surface area contributed by atoms with Crippen LogP contribution in [0.15, 0.2) is 36.5 Å². The maximum absolute atomic E-state index is 13.7. The van der Waals surface area contributed by atoms with Crippen molar-refractivity contribution in [2.75, 3.05) is 38.0 Å². The van der Waals surface area contributed by atoms with Crippen LogP contribution < -0.4 is 11.1 Å². The van der Waals surface area contributed by atoms with Crippen molar-refractivity contribution in [1.29, 1.82) is 0 Å². The van der Waals surface area contributed by atoms with Crippen LogP contribution in [0.3, 0.4) is 0 Å². The SMILES string of the molecule is C#Cc1ccnc(Nc2ccc(CN3CCN(CC)CC3)c(C(F)(F)F)c2)c1.NC=O. The molecule has 0 spiro atoms. The first kappa shape index (κ1) is 24.2. The molecule has 0 unspecified atom stereocenters. The van der Waals surface area contributed by atoms with Crippen LogP contribution in [0.25, 0.3) is 0 Å². The van der Waals surface area contributed by atoms with Gasteiger partial charge in [-0.2, -0.15) is 13.2 Å². The van der Waals surface area contributed by atoms with Crippen molar-refractivity contribution >= 4 is 17.9 Å². The highest BCUT2D eigenvalue weighted by Crippen LogP contribution is 2.35. The molecule has 1 aromatic carbocycles. The molecule has 0 aliphatic carbocycles. The number of anilines is 2. The van der Waals surface area contributed by atoms with Gasteiger partial charge in [-0.25, -0.2) is 4.98 Å². The minimum atomic E-state index is -4.42. The predicted molar refractivity (Wildman–Crippen MR) is 115 cm³/mol. The molecule has 6 nitrogen and oxygen atoms in total. The number of pyridine rings is 1. The molecule has 0 bridgehead atoms. The van der Waals surface area contributed by atoms with Crippen molar-refractivity contribution in [3.63, 3.8) is 0 Å². The number of nitrogens with two attached hydrogens (primary N) is 1. The Labute approximate surface area is 180 Å². The number of primary amides is 1. The van der Waals surface area contributed by atoms with Crippen molar-refractivity contribution in [2.45, 2.75) is 19.6 Å². The van der Waals surface area contributed by atoms with Crippen LogP contribution >= 0.6 is 0 Å². The molecule has 31 heavy (non-hydrogen) atoms. The van der Waals surface area contributed by atoms with Gasteiger partial charge in [0.05, 0.1) is 5.56 Å². The quantitative estimate of drug-likeness (QED) is 0.560. The molecule has 0 radical (unpaired) electrons. The maximum Gasteiger partial charge on any atom is 0.416 e. The van der Waals surface area contributed by atoms with E-state index in [9.17, 15) is 13.2 Å². The lowest BCUT2D eigenvalue weighted by Gasteiger charge is -2.34. The van der Waals surface area contributed by atoms with E-state index >= 15 is 0 Å². The first-order valence-electron chi connectivity index (χ1n) is 9.80. The summed E-state index contributed by atoms with van der Waals surface area (Å²) in [5.74, 6) is 2.89. The largest absolute Gasteiger partial charge is 0.416 e. The average molecular weight is 433 g/mol. The lowest BCUT2D eigenvalue weighted by molar-refractivity contribution is -0.138. The van der Waals surface area contributed by atoms with E-state index in [2.05, 4.69) is 38.7 Å². The van der Waals surface area contributed by atoms with Gasteiger partial charge in [0, 0.05) is 50.2 Å². The summed E-state index contributed by atoms with van der Waals surface area (Å²) in [7, 11) is 0. The maximum atomic E-state index is 13.7. The van der Waals surface area contributed by atoms with Gasteiger partial charge in [-0.15, -0.1) is 6.42 Å². The topological polar surface area (TPSA) is 74.5 Å². The van der Waals surface area contributed by atoms with Crippen molar-refractivity contribution in [3.05, 3.63) is 53.2 Å². The van der Waals surface area contributed by atoms with Crippen LogP contribution in [0.1, 0.15) is 23.6 Å². The zero-order valence-corrected chi connectivity index (χ0v) is 17.3. The second-order valence-corrected chi connectivity index (χ2v) is 6.92. The van der Waals surface area contributed by atoms with Crippen LogP contribution in [-0.2, 0) is 17.5 Å². The monoisotopic (exact) mass is 433 g/mol. The van der Waals surface area contributed by atoms with Crippen molar-refractivity contribution < 1.29 is 18.0 Å². The molecule has 2 aromatic rings. The number of rotatable bonds is 5. The van der Waals surface area contributed by atoms with Crippen LogP contribution in [0, 0.1) is 12.3 Å². The molecule has 0 saturated carbocycles. The third-order valence-corrected chi connectivity index (χ3v) is 4.92. The minimum absolute atomic E-state index is 0.250. The molecule has 3 rings (SSSR count). The molecule has 2 heterocycles. The number of amides is 1. The van der Waals surface area contributed by atoms with Crippen molar-refractivity contribution in [2.24, 2.45) is 5.73 Å². The molecular formula is C22H26F3N5O. The lowest BCUT2D eigenvalue weighted by Crippen LogP contribution is -2.45. The fourth-order valence-electron chi connectivity index (χ4n) is 3.30. The number of nitrogens with zero attached hydrogens (tertiary/aromatic N) is 3. The Morgan fingerprint density at radius 1 is 1.19 bits per heavy atom. The first-order valence-corrected chi connectivity index (χ1v) is 9.80. The molecule has 3 N–H and O–H groups in total. The van der Waals surface area contributed by atoms with E-state index in [4.69, 9.17) is 11.2 Å². The second kappa shape index (κ2) is 11.3. The van der Waals surface area contributed by atoms with E-state index in [-0.39, 0.29) is 18.5 Å². The molecule has 166 valence electrons. The summed E-state index contributed by atoms with van der Waals surface area (Å²) in [5.41, 5.74) is 4.77. The van der Waals surface area contributed by atoms with E-state index in [1.54, 1.807) is 24.3 Å². The molecule has 0 atom stereocenters. The summed E-state index contributed by atoms with van der Waals surface area (Å²) in [4.78, 5) is 17.1. The summed E-state index contributed by atoms with van der Waals surface area (Å²) in [5, 5.41) is 2.91. The summed E-state index contributed by atoms with van der Waals surface area (Å²) < 4.78 is 41.0. The lowest BCUT2D eigenvalue weighted by atomic mass is 10.0. The zero-order valence-electron chi connectivity index (χ0n) is 17.3. The number of aromatic nitrogens is 1. The first-order chi connectivity index (χ1) is 14.8. The Hall–Kier alpha value is -3.09. The van der Waals surface area contributed by atoms with Crippen molar-refractivity contribution in [1.82, 2.24) is 14.8 Å². The fourth-order valence-corrected chi connectivity index (χ4v) is 3.30. The zero-order chi connectivity index (χ0) is 22.9. The summed E-state index contributed by atoms with van der Waals surface area (Å²) >= 11 is 0. The van der Waals surface area contributed by atoms with E-state index in [0.717, 1.165) is 38.8 Å². The third kappa shape index (κ3) is 7.27. The Bertz CT molecular complexity index is 903. The summed E-state index contributed by atoms with van der Waals surface area (Å²) in [6.07, 6.45) is 2.70. The van der Waals surface area contributed by atoms with Gasteiger partial charge in [-0.3, -0.25) is 9.69 Å². The molecule has 1 aliphatic rings. The number of alkyl halides is 3. The molecule has 1 aliphatic heterocycles. The summed E-state index contributed by atoms with van der Waals surface area (Å²) in [6.45, 7) is 6.66. The van der Waals surface area contributed by atoms with E-state index in [1.165, 1.54) is 6.20 Å². The number of terminal acetylenes is 1. The van der Waals surface area contributed by atoms with Gasteiger partial charge >= 0.3 is 6.18 Å². The molecule has 1 fully saturated rings. The fraction of sp³-hybridized carbons (Fsp3) is 0.364. The second-order valence-electron chi connectivity index (χ2n) is 6.92. The standard InChI is InChI=1S/C21H23F3N4.CH3NO/c1-3-16-7-8-25-20(13-16)26-18-6-5-17(19(14-18)21(22,23)24)15-28-11-9-27(4-2)10-12-28;2-1-3/h1,5-8,13-14H,4,9-12,15H2,2H3,(H,25,26);1H,(H2,2,3). The van der Waals surface area contributed by atoms with Gasteiger partial charge in [-0.1, -0.05) is 18.9 Å². The Balaban J connectivity index is 0.00000107. The van der Waals surface area contributed by atoms with Gasteiger partial charge in [0.25, 0.3) is 0 Å². The Morgan fingerprint density at radius 3 is 2.42 bits per heavy atom. The third-order valence-electron chi connectivity index (χ3n) is 4.92. The summed E-state index contributed by atoms with van der Waals surface area (Å²) in [6, 6.07) is 7.61. The molecule has 1 aromatic heterocycles. The smallest absolute Gasteiger partial charge is 0.372 e. The molecule has 9 heteroatoms. The number of carbonyl (C=O) groups excluding carboxylic acids is 1. The van der Waals surface area contributed by atoms with Crippen LogP contribution in [0.4, 0.5) is 24.7 Å². The highest BCUT2D eigenvalue weighted by molar-refractivity contribution is 5.60. The van der Waals surface area contributed by atoms with Crippen molar-refractivity contribution in [3.8, 4) is 12.3 Å². The number of hydrogen-bond donors (Lipinski definition) is 2. The highest BCUT2D eigenvalue weighted by Gasteiger charge is 2.34. The van der Waals surface area contributed by atoms with Gasteiger partial charge in [-0.05, 0) is 36.4 Å². The molecule has 1 saturated heterocycles. The average Bonchev–Trinajstić information content (AvgIpc) is 2.75. The number of piperazine rings is 1. The molecular weight excluding hydrogens is 407 g/mol. The number of hydrogen-bond acceptors (Lipinski definition) is 5. The van der Waals surface area contributed by atoms with Crippen LogP contribution in [0.5, 0.6) is 0 Å². The predicted octanol–water partition coefficient (Wildman–Crippen LogP) is 3.06.